The van der Waals surface area contributed by atoms with E-state index in [1.54, 1.807) is 0 Å². The van der Waals surface area contributed by atoms with E-state index in [-0.39, 0.29) is 5.41 Å². The van der Waals surface area contributed by atoms with Gasteiger partial charge >= 0.3 is 0 Å². The summed E-state index contributed by atoms with van der Waals surface area (Å²) in [6.45, 7) is 15.7. The zero-order valence-electron chi connectivity index (χ0n) is 13.0. The normalized spacial score (nSPS) is 23.6. The molecule has 0 spiro atoms. The lowest BCUT2D eigenvalue weighted by molar-refractivity contribution is -0.0942. The van der Waals surface area contributed by atoms with Crippen molar-refractivity contribution in [1.82, 2.24) is 0 Å². The van der Waals surface area contributed by atoms with Crippen LogP contribution in [-0.4, -0.2) is 13.2 Å². The first kappa shape index (κ1) is 15.6. The van der Waals surface area contributed by atoms with Gasteiger partial charge in [0.15, 0.2) is 0 Å². The number of terminal acetylenes is 1. The highest BCUT2D eigenvalue weighted by molar-refractivity contribution is 5.03. The maximum Gasteiger partial charge on any atom is 0.0519 e. The van der Waals surface area contributed by atoms with Crippen LogP contribution in [-0.2, 0) is 4.74 Å². The van der Waals surface area contributed by atoms with E-state index in [0.29, 0.717) is 23.2 Å². The van der Waals surface area contributed by atoms with Crippen LogP contribution in [0.15, 0.2) is 0 Å². The van der Waals surface area contributed by atoms with Crippen molar-refractivity contribution in [3.63, 3.8) is 0 Å². The van der Waals surface area contributed by atoms with Crippen molar-refractivity contribution in [3.8, 4) is 12.3 Å². The van der Waals surface area contributed by atoms with Crippen LogP contribution in [0.5, 0.6) is 0 Å². The number of rotatable bonds is 5. The summed E-state index contributed by atoms with van der Waals surface area (Å²) in [4.78, 5) is 0. The van der Waals surface area contributed by atoms with Crippen molar-refractivity contribution < 1.29 is 4.74 Å². The average Bonchev–Trinajstić information content (AvgIpc) is 2.21. The lowest BCUT2D eigenvalue weighted by atomic mass is 9.61. The molecule has 1 saturated heterocycles. The maximum atomic E-state index is 5.71. The van der Waals surface area contributed by atoms with E-state index in [0.717, 1.165) is 13.2 Å². The second-order valence-corrected chi connectivity index (χ2v) is 7.54. The Kier molecular flexibility index (Phi) is 4.90. The first-order chi connectivity index (χ1) is 8.20. The monoisotopic (exact) mass is 250 g/mol. The molecule has 0 saturated carbocycles. The Labute approximate surface area is 114 Å². The Hall–Kier alpha value is -0.480. The van der Waals surface area contributed by atoms with Crippen molar-refractivity contribution >= 4 is 0 Å². The summed E-state index contributed by atoms with van der Waals surface area (Å²) in [7, 11) is 0. The van der Waals surface area contributed by atoms with Crippen molar-refractivity contribution in [2.75, 3.05) is 13.2 Å². The molecule has 18 heavy (non-hydrogen) atoms. The predicted molar refractivity (Wildman–Crippen MR) is 78.3 cm³/mol. The van der Waals surface area contributed by atoms with Crippen LogP contribution in [0.1, 0.15) is 54.4 Å². The van der Waals surface area contributed by atoms with E-state index in [1.807, 2.05) is 0 Å². The summed E-state index contributed by atoms with van der Waals surface area (Å²) in [5.41, 5.74) is 0.613. The molecule has 0 aromatic carbocycles. The molecule has 0 aliphatic carbocycles. The first-order valence-corrected chi connectivity index (χ1v) is 7.24. The third-order valence-corrected chi connectivity index (χ3v) is 5.06. The molecule has 104 valence electrons. The lowest BCUT2D eigenvalue weighted by Gasteiger charge is -2.46. The molecule has 1 heteroatoms. The summed E-state index contributed by atoms with van der Waals surface area (Å²) in [6.07, 6.45) is 8.15. The van der Waals surface area contributed by atoms with Gasteiger partial charge in [-0.25, -0.2) is 0 Å². The highest BCUT2D eigenvalue weighted by Crippen LogP contribution is 2.46. The van der Waals surface area contributed by atoms with Crippen LogP contribution in [0.25, 0.3) is 0 Å². The molecule has 0 bridgehead atoms. The zero-order valence-corrected chi connectivity index (χ0v) is 13.0. The molecule has 0 radical (unpaired) electrons. The summed E-state index contributed by atoms with van der Waals surface area (Å²) in [6, 6.07) is 0. The summed E-state index contributed by atoms with van der Waals surface area (Å²) in [5, 5.41) is 0. The Morgan fingerprint density at radius 2 is 1.72 bits per heavy atom. The SMILES string of the molecule is C#CC(C)[C@@](C)(CCC(C)(C)C)C(C)C1COC1. The van der Waals surface area contributed by atoms with Gasteiger partial charge < -0.3 is 4.74 Å². The van der Waals surface area contributed by atoms with Gasteiger partial charge in [-0.2, -0.15) is 0 Å². The minimum atomic E-state index is 0.233. The van der Waals surface area contributed by atoms with Gasteiger partial charge in [0, 0.05) is 11.8 Å². The van der Waals surface area contributed by atoms with Crippen LogP contribution in [0.3, 0.4) is 0 Å². The smallest absolute Gasteiger partial charge is 0.0519 e. The lowest BCUT2D eigenvalue weighted by Crippen LogP contribution is -2.44. The number of hydrogen-bond acceptors (Lipinski definition) is 1. The first-order valence-electron chi connectivity index (χ1n) is 7.24. The summed E-state index contributed by atoms with van der Waals surface area (Å²) < 4.78 is 5.36. The van der Waals surface area contributed by atoms with Gasteiger partial charge in [-0.1, -0.05) is 41.5 Å². The molecule has 0 amide bonds. The van der Waals surface area contributed by atoms with Gasteiger partial charge in [-0.15, -0.1) is 12.3 Å². The van der Waals surface area contributed by atoms with Crippen LogP contribution in [0.2, 0.25) is 0 Å². The van der Waals surface area contributed by atoms with E-state index in [4.69, 9.17) is 11.2 Å². The second-order valence-electron chi connectivity index (χ2n) is 7.54. The molecule has 1 heterocycles. The molecular weight excluding hydrogens is 220 g/mol. The number of hydrogen-bond donors (Lipinski definition) is 0. The van der Waals surface area contributed by atoms with E-state index < -0.39 is 0 Å². The highest BCUT2D eigenvalue weighted by atomic mass is 16.5. The fourth-order valence-corrected chi connectivity index (χ4v) is 2.75. The predicted octanol–water partition coefficient (Wildman–Crippen LogP) is 4.37. The van der Waals surface area contributed by atoms with Gasteiger partial charge in [-0.3, -0.25) is 0 Å². The van der Waals surface area contributed by atoms with Crippen molar-refractivity contribution in [2.45, 2.75) is 54.4 Å². The maximum absolute atomic E-state index is 5.71. The molecule has 3 atom stereocenters. The second kappa shape index (κ2) is 5.66. The molecule has 0 N–H and O–H groups in total. The summed E-state index contributed by atoms with van der Waals surface area (Å²) in [5.74, 6) is 4.65. The number of ether oxygens (including phenoxy) is 1. The largest absolute Gasteiger partial charge is 0.381 e. The Balaban J connectivity index is 2.77. The van der Waals surface area contributed by atoms with Crippen molar-refractivity contribution in [3.05, 3.63) is 0 Å². The van der Waals surface area contributed by atoms with E-state index >= 15 is 0 Å². The Bertz CT molecular complexity index is 303. The Morgan fingerprint density at radius 1 is 1.17 bits per heavy atom. The topological polar surface area (TPSA) is 9.23 Å². The minimum absolute atomic E-state index is 0.233. The van der Waals surface area contributed by atoms with E-state index in [1.165, 1.54) is 12.8 Å². The highest BCUT2D eigenvalue weighted by Gasteiger charge is 2.42. The average molecular weight is 250 g/mol. The van der Waals surface area contributed by atoms with Crippen LogP contribution in [0, 0.1) is 40.9 Å². The van der Waals surface area contributed by atoms with Crippen LogP contribution < -0.4 is 0 Å². The van der Waals surface area contributed by atoms with E-state index in [9.17, 15) is 0 Å². The van der Waals surface area contributed by atoms with Crippen molar-refractivity contribution in [2.24, 2.45) is 28.6 Å². The molecule has 2 unspecified atom stereocenters. The molecule has 0 aromatic rings. The van der Waals surface area contributed by atoms with Gasteiger partial charge in [0.25, 0.3) is 0 Å². The van der Waals surface area contributed by atoms with Crippen molar-refractivity contribution in [1.29, 1.82) is 0 Å². The van der Waals surface area contributed by atoms with Gasteiger partial charge in [-0.05, 0) is 29.6 Å². The fourth-order valence-electron chi connectivity index (χ4n) is 2.75. The third kappa shape index (κ3) is 3.51. The summed E-state index contributed by atoms with van der Waals surface area (Å²) >= 11 is 0. The quantitative estimate of drug-likeness (QED) is 0.658. The molecule has 1 fully saturated rings. The Morgan fingerprint density at radius 3 is 2.06 bits per heavy atom. The minimum Gasteiger partial charge on any atom is -0.381 e. The third-order valence-electron chi connectivity index (χ3n) is 5.06. The zero-order chi connectivity index (χ0) is 14.0. The molecule has 1 aliphatic heterocycles. The standard InChI is InChI=1S/C17H30O/c1-8-13(2)17(7,10-9-16(4,5)6)14(3)15-11-18-12-15/h1,13-15H,9-12H2,2-7H3/t13?,14?,17-/m1/s1. The van der Waals surface area contributed by atoms with Gasteiger partial charge in [0.1, 0.15) is 0 Å². The molecule has 0 aromatic heterocycles. The van der Waals surface area contributed by atoms with Gasteiger partial charge in [0.05, 0.1) is 13.2 Å². The van der Waals surface area contributed by atoms with Crippen LogP contribution >= 0.6 is 0 Å². The van der Waals surface area contributed by atoms with Crippen LogP contribution in [0.4, 0.5) is 0 Å². The van der Waals surface area contributed by atoms with E-state index in [2.05, 4.69) is 47.5 Å². The molecule has 1 rings (SSSR count). The molecule has 1 nitrogen and oxygen atoms in total. The molecular formula is C17H30O. The fraction of sp³-hybridized carbons (Fsp3) is 0.882. The molecule has 1 aliphatic rings. The van der Waals surface area contributed by atoms with Gasteiger partial charge in [0.2, 0.25) is 0 Å².